The monoisotopic (exact) mass is 815 g/mol. The molecule has 2 aliphatic rings. The van der Waals surface area contributed by atoms with Crippen LogP contribution in [0, 0.1) is 0 Å². The number of halogens is 1. The van der Waals surface area contributed by atoms with Crippen LogP contribution in [0.5, 0.6) is 5.75 Å². The number of para-hydroxylation sites is 1. The van der Waals surface area contributed by atoms with E-state index >= 15 is 0 Å². The highest BCUT2D eigenvalue weighted by Crippen LogP contribution is 2.53. The van der Waals surface area contributed by atoms with E-state index in [1.165, 1.54) is 0 Å². The van der Waals surface area contributed by atoms with E-state index in [0.717, 1.165) is 77.2 Å². The molecule has 2 fully saturated rings. The number of carbonyl (C=O) groups excluding carboxylic acids is 2. The lowest BCUT2D eigenvalue weighted by molar-refractivity contribution is -0.113. The van der Waals surface area contributed by atoms with Crippen LogP contribution in [0.3, 0.4) is 0 Å². The molecule has 9 N–H and O–H groups in total. The maximum Gasteiger partial charge on any atom is 0.314 e. The molecular weight excluding hydrogens is 762 g/mol. The number of aromatic nitrogens is 1. The van der Waals surface area contributed by atoms with Gasteiger partial charge in [0.1, 0.15) is 24.1 Å². The van der Waals surface area contributed by atoms with Gasteiger partial charge >= 0.3 is 12.1 Å². The van der Waals surface area contributed by atoms with Crippen LogP contribution >= 0.6 is 23.4 Å². The number of rotatable bonds is 24. The molecule has 306 valence electrons. The number of hydrogen-bond acceptors (Lipinski definition) is 11. The molecule has 14 nitrogen and oxygen atoms in total. The second-order valence-electron chi connectivity index (χ2n) is 14.2. The van der Waals surface area contributed by atoms with Gasteiger partial charge in [0.25, 0.3) is 0 Å². The average Bonchev–Trinajstić information content (AvgIpc) is 4.16. The third-order valence-electron chi connectivity index (χ3n) is 9.63. The molecule has 0 radical (unpaired) electrons. The number of nitrogens with one attached hydrogen (secondary N) is 4. The van der Waals surface area contributed by atoms with E-state index in [9.17, 15) is 30.0 Å². The van der Waals surface area contributed by atoms with Crippen molar-refractivity contribution in [3.63, 3.8) is 0 Å². The van der Waals surface area contributed by atoms with Crippen molar-refractivity contribution in [3.8, 4) is 16.9 Å². The summed E-state index contributed by atoms with van der Waals surface area (Å²) >= 11 is 8.37. The zero-order chi connectivity index (χ0) is 39.9. The van der Waals surface area contributed by atoms with Crippen molar-refractivity contribution in [2.45, 2.75) is 99.0 Å². The summed E-state index contributed by atoms with van der Waals surface area (Å²) in [5, 5.41) is 58.7. The van der Waals surface area contributed by atoms with Gasteiger partial charge < -0.3 is 56.3 Å². The van der Waals surface area contributed by atoms with Gasteiger partial charge in [-0.05, 0) is 98.6 Å². The maximum absolute atomic E-state index is 12.2. The van der Waals surface area contributed by atoms with E-state index in [1.807, 2.05) is 48.8 Å². The number of aliphatic hydroxyl groups excluding tert-OH is 5. The first-order valence-electron chi connectivity index (χ1n) is 19.2. The van der Waals surface area contributed by atoms with E-state index in [1.54, 1.807) is 11.8 Å². The number of thioether (sulfide) groups is 1. The van der Waals surface area contributed by atoms with Gasteiger partial charge in [-0.15, -0.1) is 11.8 Å². The number of amides is 4. The van der Waals surface area contributed by atoms with Crippen LogP contribution < -0.4 is 26.0 Å². The zero-order valence-electron chi connectivity index (χ0n) is 31.4. The molecule has 0 saturated heterocycles. The second-order valence-corrected chi connectivity index (χ2v) is 15.7. The lowest BCUT2D eigenvalue weighted by Gasteiger charge is -2.25. The summed E-state index contributed by atoms with van der Waals surface area (Å²) in [5.74, 6) is 1.78. The highest BCUT2D eigenvalue weighted by Gasteiger charge is 2.48. The Balaban J connectivity index is 0.936. The molecule has 56 heavy (non-hydrogen) atoms. The summed E-state index contributed by atoms with van der Waals surface area (Å²) in [4.78, 5) is 29.6. The third-order valence-corrected chi connectivity index (χ3v) is 11.1. The minimum absolute atomic E-state index is 0.255. The Morgan fingerprint density at radius 3 is 2.20 bits per heavy atom. The Bertz CT molecular complexity index is 1720. The third kappa shape index (κ3) is 13.2. The summed E-state index contributed by atoms with van der Waals surface area (Å²) in [7, 11) is 0. The summed E-state index contributed by atoms with van der Waals surface area (Å²) in [5.41, 5.74) is 3.73. The van der Waals surface area contributed by atoms with Crippen molar-refractivity contribution in [2.75, 3.05) is 38.5 Å². The average molecular weight is 816 g/mol. The Labute approximate surface area is 336 Å². The molecule has 4 amide bonds. The van der Waals surface area contributed by atoms with Gasteiger partial charge in [0.15, 0.2) is 0 Å². The van der Waals surface area contributed by atoms with Crippen molar-refractivity contribution in [3.05, 3.63) is 77.1 Å². The minimum Gasteiger partial charge on any atom is -0.490 e. The van der Waals surface area contributed by atoms with Gasteiger partial charge in [-0.2, -0.15) is 0 Å². The van der Waals surface area contributed by atoms with E-state index in [-0.39, 0.29) is 12.6 Å². The number of urea groups is 2. The predicted molar refractivity (Wildman–Crippen MR) is 214 cm³/mol. The number of carbonyl (C=O) groups is 2. The van der Waals surface area contributed by atoms with Crippen molar-refractivity contribution in [1.82, 2.24) is 26.3 Å². The van der Waals surface area contributed by atoms with Crippen molar-refractivity contribution >= 4 is 35.4 Å². The first-order chi connectivity index (χ1) is 27.1. The summed E-state index contributed by atoms with van der Waals surface area (Å²) in [6, 6.07) is 15.4. The molecule has 3 aromatic rings. The molecule has 0 aliphatic heterocycles. The summed E-state index contributed by atoms with van der Waals surface area (Å²) < 4.78 is 12.9. The Hall–Kier alpha value is -3.67. The van der Waals surface area contributed by atoms with E-state index in [4.69, 9.17) is 26.2 Å². The number of nitrogens with zero attached hydrogens (tertiary/aromatic N) is 1. The molecule has 5 rings (SSSR count). The number of unbranched alkanes of at least 4 members (excludes halogenated alkanes) is 2. The Morgan fingerprint density at radius 2 is 1.52 bits per heavy atom. The van der Waals surface area contributed by atoms with Gasteiger partial charge in [-0.1, -0.05) is 29.8 Å². The standard InChI is InChI=1S/C40H54ClN5O9S/c41-32-12-11-28(21-26(32)25-54-40(14-15-40)31-22-42-19-13-29(31)30-7-1-2-8-35(30)55-27-9-10-27)56-20-6-5-18-44-38(52)43-16-3-4-17-45-39(53)46-23-33(48)36(50)37(51)34(49)24-47/h1-2,7-8,11-13,19,21-22,27,33-34,36-37,47-51H,3-6,9-10,14-18,20,23-25H2,(H2,43,44,52)(H2,45,46,53). The fourth-order valence-corrected chi connectivity index (χ4v) is 7.15. The summed E-state index contributed by atoms with van der Waals surface area (Å²) in [6.07, 6.45) is 4.31. The van der Waals surface area contributed by atoms with Crippen LogP contribution in [0.15, 0.2) is 65.8 Å². The number of ether oxygens (including phenoxy) is 2. The van der Waals surface area contributed by atoms with Gasteiger partial charge in [0.05, 0.1) is 31.0 Å². The molecule has 0 bridgehead atoms. The van der Waals surface area contributed by atoms with Crippen molar-refractivity contribution in [1.29, 1.82) is 0 Å². The molecule has 2 aliphatic carbocycles. The largest absolute Gasteiger partial charge is 0.490 e. The van der Waals surface area contributed by atoms with Gasteiger partial charge in [-0.3, -0.25) is 4.98 Å². The molecule has 4 unspecified atom stereocenters. The first kappa shape index (κ1) is 43.5. The topological polar surface area (TPSA) is 215 Å². The SMILES string of the molecule is O=C(NCCCCNC(=O)NCC(O)C(O)C(O)C(O)CO)NCCCCSc1ccc(Cl)c(COC2(c3cnccc3-c3ccccc3OC3CC3)CC2)c1. The lowest BCUT2D eigenvalue weighted by atomic mass is 9.96. The fraction of sp³-hybridized carbons (Fsp3) is 0.525. The Morgan fingerprint density at radius 1 is 0.857 bits per heavy atom. The van der Waals surface area contributed by atoms with Gasteiger partial charge in [0, 0.05) is 59.6 Å². The van der Waals surface area contributed by atoms with Crippen LogP contribution in [0.2, 0.25) is 5.02 Å². The second kappa shape index (κ2) is 21.7. The number of pyridine rings is 1. The quantitative estimate of drug-likeness (QED) is 0.0468. The molecule has 0 spiro atoms. The highest BCUT2D eigenvalue weighted by molar-refractivity contribution is 7.99. The smallest absolute Gasteiger partial charge is 0.314 e. The van der Waals surface area contributed by atoms with Crippen molar-refractivity contribution in [2.24, 2.45) is 0 Å². The molecule has 1 heterocycles. The normalized spacial score (nSPS) is 16.6. The van der Waals surface area contributed by atoms with Gasteiger partial charge in [0.2, 0.25) is 0 Å². The minimum atomic E-state index is -1.76. The van der Waals surface area contributed by atoms with Gasteiger partial charge in [-0.25, -0.2) is 9.59 Å². The number of benzene rings is 2. The molecule has 16 heteroatoms. The molecule has 2 aromatic carbocycles. The molecular formula is C40H54ClN5O9S. The number of aliphatic hydroxyl groups is 5. The van der Waals surface area contributed by atoms with E-state index in [0.29, 0.717) is 50.2 Å². The lowest BCUT2D eigenvalue weighted by Crippen LogP contribution is -2.50. The highest BCUT2D eigenvalue weighted by atomic mass is 35.5. The molecule has 2 saturated carbocycles. The maximum atomic E-state index is 12.2. The summed E-state index contributed by atoms with van der Waals surface area (Å²) in [6.45, 7) is 0.514. The number of hydrogen-bond donors (Lipinski definition) is 9. The van der Waals surface area contributed by atoms with E-state index in [2.05, 4.69) is 38.4 Å². The van der Waals surface area contributed by atoms with Crippen LogP contribution in [0.25, 0.3) is 11.1 Å². The van der Waals surface area contributed by atoms with E-state index < -0.39 is 42.7 Å². The van der Waals surface area contributed by atoms with Crippen LogP contribution in [-0.4, -0.2) is 112 Å². The zero-order valence-corrected chi connectivity index (χ0v) is 32.9. The molecule has 1 aromatic heterocycles. The van der Waals surface area contributed by atoms with Crippen LogP contribution in [0.1, 0.15) is 62.5 Å². The fourth-order valence-electron chi connectivity index (χ4n) is 6.00. The van der Waals surface area contributed by atoms with Crippen LogP contribution in [0.4, 0.5) is 9.59 Å². The first-order valence-corrected chi connectivity index (χ1v) is 20.6. The van der Waals surface area contributed by atoms with Crippen LogP contribution in [-0.2, 0) is 16.9 Å². The van der Waals surface area contributed by atoms with Crippen molar-refractivity contribution < 1.29 is 44.6 Å². The molecule has 4 atom stereocenters. The predicted octanol–water partition coefficient (Wildman–Crippen LogP) is 3.84. The Kier molecular flexibility index (Phi) is 16.9.